The lowest BCUT2D eigenvalue weighted by Gasteiger charge is -2.27. The van der Waals surface area contributed by atoms with Gasteiger partial charge >= 0.3 is 5.97 Å². The van der Waals surface area contributed by atoms with Gasteiger partial charge in [0.25, 0.3) is 0 Å². The Morgan fingerprint density at radius 3 is 2.43 bits per heavy atom. The second kappa shape index (κ2) is 9.18. The molecule has 178 valence electrons. The number of aromatic hydroxyl groups is 1. The number of ketones is 1. The lowest BCUT2D eigenvalue weighted by molar-refractivity contribution is 0.0471. The highest BCUT2D eigenvalue weighted by Gasteiger charge is 2.24. The third-order valence-corrected chi connectivity index (χ3v) is 6.25. The summed E-state index contributed by atoms with van der Waals surface area (Å²) in [5, 5.41) is 11.9. The van der Waals surface area contributed by atoms with Crippen molar-refractivity contribution in [3.63, 3.8) is 0 Å². The molecule has 1 aliphatic heterocycles. The van der Waals surface area contributed by atoms with Crippen LogP contribution in [0.3, 0.4) is 0 Å². The van der Waals surface area contributed by atoms with Gasteiger partial charge < -0.3 is 23.9 Å². The number of phenolic OH excluding ortho intramolecular Hbond substituents is 1. The van der Waals surface area contributed by atoms with Crippen molar-refractivity contribution >= 4 is 22.5 Å². The quantitative estimate of drug-likeness (QED) is 0.320. The summed E-state index contributed by atoms with van der Waals surface area (Å²) in [7, 11) is 0. The third kappa shape index (κ3) is 4.45. The van der Waals surface area contributed by atoms with Gasteiger partial charge in [0, 0.05) is 17.0 Å². The van der Waals surface area contributed by atoms with Crippen LogP contribution in [0.2, 0.25) is 0 Å². The summed E-state index contributed by atoms with van der Waals surface area (Å²) in [5.41, 5.74) is 2.17. The number of para-hydroxylation sites is 2. The Balaban J connectivity index is 1.26. The molecule has 0 aliphatic carbocycles. The first-order chi connectivity index (χ1) is 16.9. The molecule has 5 rings (SSSR count). The molecule has 0 saturated carbocycles. The number of rotatable bonds is 6. The van der Waals surface area contributed by atoms with Gasteiger partial charge in [-0.2, -0.15) is 0 Å². The van der Waals surface area contributed by atoms with E-state index in [1.807, 2.05) is 66.9 Å². The number of benzene rings is 3. The van der Waals surface area contributed by atoms with Crippen LogP contribution in [0.4, 0.5) is 0 Å². The molecule has 0 spiro atoms. The SMILES string of the molecule is Cc1cc(C(=O)COC(=O)c2cc3ccccc3cc2O)c(C)n1CC1COc2ccccc2O1. The number of Topliss-reactive ketones (excluding diaryl/α,β-unsaturated/α-hetero) is 1. The maximum absolute atomic E-state index is 12.9. The summed E-state index contributed by atoms with van der Waals surface area (Å²) in [6.45, 7) is 4.27. The predicted octanol–water partition coefficient (Wildman–Crippen LogP) is 4.84. The highest BCUT2D eigenvalue weighted by Crippen LogP contribution is 2.32. The van der Waals surface area contributed by atoms with E-state index in [0.717, 1.165) is 27.9 Å². The molecule has 0 amide bonds. The number of aromatic nitrogens is 1. The van der Waals surface area contributed by atoms with Crippen molar-refractivity contribution in [3.05, 3.63) is 89.2 Å². The molecule has 0 fully saturated rings. The first kappa shape index (κ1) is 22.5. The number of nitrogens with zero attached hydrogens (tertiary/aromatic N) is 1. The first-order valence-corrected chi connectivity index (χ1v) is 11.4. The topological polar surface area (TPSA) is 87.0 Å². The number of hydrogen-bond acceptors (Lipinski definition) is 6. The van der Waals surface area contributed by atoms with Crippen LogP contribution < -0.4 is 9.47 Å². The molecular weight excluding hydrogens is 446 g/mol. The Morgan fingerprint density at radius 1 is 0.971 bits per heavy atom. The van der Waals surface area contributed by atoms with E-state index in [1.165, 1.54) is 6.07 Å². The van der Waals surface area contributed by atoms with Crippen molar-refractivity contribution in [1.29, 1.82) is 0 Å². The average Bonchev–Trinajstić information content (AvgIpc) is 3.15. The van der Waals surface area contributed by atoms with Crippen molar-refractivity contribution in [3.8, 4) is 17.2 Å². The highest BCUT2D eigenvalue weighted by molar-refractivity contribution is 6.02. The lowest BCUT2D eigenvalue weighted by Crippen LogP contribution is -2.33. The van der Waals surface area contributed by atoms with Gasteiger partial charge in [0.1, 0.15) is 17.9 Å². The highest BCUT2D eigenvalue weighted by atomic mass is 16.6. The van der Waals surface area contributed by atoms with E-state index in [-0.39, 0.29) is 23.2 Å². The number of phenols is 1. The molecule has 1 aromatic heterocycles. The van der Waals surface area contributed by atoms with Crippen LogP contribution in [0, 0.1) is 13.8 Å². The van der Waals surface area contributed by atoms with Crippen molar-refractivity contribution in [2.24, 2.45) is 0 Å². The minimum atomic E-state index is -0.748. The summed E-state index contributed by atoms with van der Waals surface area (Å²) in [6.07, 6.45) is -0.202. The number of ether oxygens (including phenoxy) is 3. The van der Waals surface area contributed by atoms with Crippen molar-refractivity contribution in [2.45, 2.75) is 26.5 Å². The Bertz CT molecular complexity index is 1440. The largest absolute Gasteiger partial charge is 0.507 e. The molecule has 2 heterocycles. The molecule has 0 radical (unpaired) electrons. The van der Waals surface area contributed by atoms with E-state index < -0.39 is 12.6 Å². The third-order valence-electron chi connectivity index (χ3n) is 6.25. The van der Waals surface area contributed by atoms with Crippen LogP contribution in [0.25, 0.3) is 10.8 Å². The Kier molecular flexibility index (Phi) is 5.91. The molecule has 1 N–H and O–H groups in total. The van der Waals surface area contributed by atoms with Gasteiger partial charge in [0.15, 0.2) is 24.2 Å². The maximum Gasteiger partial charge on any atom is 0.342 e. The molecule has 7 heteroatoms. The van der Waals surface area contributed by atoms with Crippen LogP contribution in [-0.4, -0.2) is 40.7 Å². The Hall–Kier alpha value is -4.26. The summed E-state index contributed by atoms with van der Waals surface area (Å²) in [6, 6.07) is 19.8. The van der Waals surface area contributed by atoms with Crippen LogP contribution in [0.5, 0.6) is 17.2 Å². The fraction of sp³-hybridized carbons (Fsp3) is 0.214. The zero-order chi connectivity index (χ0) is 24.5. The first-order valence-electron chi connectivity index (χ1n) is 11.4. The molecule has 0 saturated heterocycles. The molecule has 1 aliphatic rings. The van der Waals surface area contributed by atoms with E-state index in [0.29, 0.717) is 24.5 Å². The van der Waals surface area contributed by atoms with E-state index >= 15 is 0 Å². The molecule has 1 atom stereocenters. The molecule has 1 unspecified atom stereocenters. The van der Waals surface area contributed by atoms with Gasteiger partial charge in [-0.1, -0.05) is 36.4 Å². The van der Waals surface area contributed by atoms with Gasteiger partial charge in [-0.25, -0.2) is 4.79 Å². The molecule has 4 aromatic rings. The van der Waals surface area contributed by atoms with Crippen molar-refractivity contribution in [1.82, 2.24) is 4.57 Å². The van der Waals surface area contributed by atoms with Crippen molar-refractivity contribution in [2.75, 3.05) is 13.2 Å². The average molecular weight is 472 g/mol. The van der Waals surface area contributed by atoms with Crippen LogP contribution in [0.15, 0.2) is 66.7 Å². The number of carbonyl (C=O) groups excluding carboxylic acids is 2. The number of esters is 1. The molecule has 35 heavy (non-hydrogen) atoms. The van der Waals surface area contributed by atoms with E-state index in [9.17, 15) is 14.7 Å². The minimum absolute atomic E-state index is 0.0247. The summed E-state index contributed by atoms with van der Waals surface area (Å²) in [4.78, 5) is 25.5. The fourth-order valence-corrected chi connectivity index (χ4v) is 4.40. The fourth-order valence-electron chi connectivity index (χ4n) is 4.40. The van der Waals surface area contributed by atoms with Gasteiger partial charge in [-0.15, -0.1) is 0 Å². The Labute approximate surface area is 202 Å². The number of fused-ring (bicyclic) bond motifs is 2. The minimum Gasteiger partial charge on any atom is -0.507 e. The number of aryl methyl sites for hydroxylation is 1. The summed E-state index contributed by atoms with van der Waals surface area (Å²) >= 11 is 0. The van der Waals surface area contributed by atoms with Gasteiger partial charge in [-0.05, 0) is 55.0 Å². The van der Waals surface area contributed by atoms with Crippen LogP contribution in [-0.2, 0) is 11.3 Å². The summed E-state index contributed by atoms with van der Waals surface area (Å²) in [5.74, 6) is 0.174. The lowest BCUT2D eigenvalue weighted by atomic mass is 10.1. The van der Waals surface area contributed by atoms with Gasteiger partial charge in [-0.3, -0.25) is 4.79 Å². The normalized spacial score (nSPS) is 14.6. The zero-order valence-corrected chi connectivity index (χ0v) is 19.5. The second-order valence-corrected chi connectivity index (χ2v) is 8.61. The standard InChI is InChI=1S/C28H25NO6/c1-17-11-22(18(2)29(17)14-21-15-33-26-9-5-6-10-27(26)35-21)25(31)16-34-28(32)23-12-19-7-3-4-8-20(19)13-24(23)30/h3-13,21,30H,14-16H2,1-2H3. The molecule has 7 nitrogen and oxygen atoms in total. The zero-order valence-electron chi connectivity index (χ0n) is 19.5. The maximum atomic E-state index is 12.9. The molecule has 0 bridgehead atoms. The van der Waals surface area contributed by atoms with Crippen LogP contribution >= 0.6 is 0 Å². The Morgan fingerprint density at radius 2 is 1.66 bits per heavy atom. The second-order valence-electron chi connectivity index (χ2n) is 8.61. The number of hydrogen-bond donors (Lipinski definition) is 1. The monoisotopic (exact) mass is 471 g/mol. The molecule has 3 aromatic carbocycles. The van der Waals surface area contributed by atoms with Gasteiger partial charge in [0.2, 0.25) is 5.78 Å². The smallest absolute Gasteiger partial charge is 0.342 e. The number of carbonyl (C=O) groups is 2. The van der Waals surface area contributed by atoms with E-state index in [2.05, 4.69) is 0 Å². The van der Waals surface area contributed by atoms with Crippen LogP contribution in [0.1, 0.15) is 32.1 Å². The van der Waals surface area contributed by atoms with Gasteiger partial charge in [0.05, 0.1) is 6.54 Å². The van der Waals surface area contributed by atoms with E-state index in [1.54, 1.807) is 12.1 Å². The molecular formula is C28H25NO6. The summed E-state index contributed by atoms with van der Waals surface area (Å²) < 4.78 is 19.1. The van der Waals surface area contributed by atoms with Crippen molar-refractivity contribution < 1.29 is 28.9 Å². The predicted molar refractivity (Wildman–Crippen MR) is 130 cm³/mol. The van der Waals surface area contributed by atoms with E-state index in [4.69, 9.17) is 14.2 Å².